The number of ether oxygens (including phenoxy) is 2. The highest BCUT2D eigenvalue weighted by atomic mass is 16.6. The molecule has 0 aromatic heterocycles. The minimum absolute atomic E-state index is 0.110. The summed E-state index contributed by atoms with van der Waals surface area (Å²) in [6, 6.07) is -0.541. The van der Waals surface area contributed by atoms with Gasteiger partial charge < -0.3 is 24.8 Å². The van der Waals surface area contributed by atoms with Crippen molar-refractivity contribution in [3.8, 4) is 0 Å². The molecule has 1 fully saturated rings. The van der Waals surface area contributed by atoms with Crippen LogP contribution in [0.4, 0.5) is 9.59 Å². The quantitative estimate of drug-likeness (QED) is 0.812. The lowest BCUT2D eigenvalue weighted by molar-refractivity contribution is -0.114. The van der Waals surface area contributed by atoms with Crippen LogP contribution in [0, 0.1) is 0 Å². The molecular formula is C15H28N2O5. The molecule has 7 heteroatoms. The standard InChI is InChI=1S/C15H28N2O5/c1-10(16-11(18)21-13(2,3)4)15(20)8-17(9-15)12(19)22-14(5,6)7/h10,20H,8-9H2,1-7H3,(H,16,18). The number of rotatable bonds is 2. The molecule has 1 unspecified atom stereocenters. The van der Waals surface area contributed by atoms with Gasteiger partial charge in [0.1, 0.15) is 16.8 Å². The Morgan fingerprint density at radius 1 is 1.09 bits per heavy atom. The number of amides is 2. The Labute approximate surface area is 131 Å². The van der Waals surface area contributed by atoms with Crippen LogP contribution in [0.2, 0.25) is 0 Å². The zero-order valence-corrected chi connectivity index (χ0v) is 14.5. The number of nitrogens with zero attached hydrogens (tertiary/aromatic N) is 1. The van der Waals surface area contributed by atoms with E-state index >= 15 is 0 Å². The number of carbonyl (C=O) groups excluding carboxylic acids is 2. The summed E-state index contributed by atoms with van der Waals surface area (Å²) in [6.07, 6.45) is -1.06. The third-order valence-corrected chi connectivity index (χ3v) is 3.12. The molecule has 2 N–H and O–H groups in total. The highest BCUT2D eigenvalue weighted by Gasteiger charge is 2.49. The van der Waals surface area contributed by atoms with Crippen LogP contribution < -0.4 is 5.32 Å². The first-order valence-corrected chi connectivity index (χ1v) is 7.42. The van der Waals surface area contributed by atoms with Crippen LogP contribution in [0.25, 0.3) is 0 Å². The van der Waals surface area contributed by atoms with E-state index in [1.54, 1.807) is 48.5 Å². The molecule has 0 saturated carbocycles. The van der Waals surface area contributed by atoms with Gasteiger partial charge in [0.15, 0.2) is 0 Å². The lowest BCUT2D eigenvalue weighted by atomic mass is 9.87. The Kier molecular flexibility index (Phi) is 5.01. The van der Waals surface area contributed by atoms with Crippen LogP contribution in [-0.4, -0.2) is 58.1 Å². The SMILES string of the molecule is CC(NC(=O)OC(C)(C)C)C1(O)CN(C(=O)OC(C)(C)C)C1. The summed E-state index contributed by atoms with van der Waals surface area (Å²) in [5.41, 5.74) is -2.35. The summed E-state index contributed by atoms with van der Waals surface area (Å²) in [5.74, 6) is 0. The van der Waals surface area contributed by atoms with Gasteiger partial charge >= 0.3 is 12.2 Å². The van der Waals surface area contributed by atoms with Crippen molar-refractivity contribution in [2.24, 2.45) is 0 Å². The summed E-state index contributed by atoms with van der Waals surface area (Å²) in [7, 11) is 0. The largest absolute Gasteiger partial charge is 0.444 e. The first-order chi connectivity index (χ1) is 9.72. The Balaban J connectivity index is 2.48. The molecule has 0 radical (unpaired) electrons. The molecular weight excluding hydrogens is 288 g/mol. The average molecular weight is 316 g/mol. The number of nitrogens with one attached hydrogen (secondary N) is 1. The molecule has 1 aliphatic rings. The monoisotopic (exact) mass is 316 g/mol. The predicted molar refractivity (Wildman–Crippen MR) is 81.6 cm³/mol. The number of hydrogen-bond donors (Lipinski definition) is 2. The van der Waals surface area contributed by atoms with Crippen molar-refractivity contribution in [2.45, 2.75) is 71.3 Å². The van der Waals surface area contributed by atoms with Gasteiger partial charge in [-0.3, -0.25) is 0 Å². The molecule has 1 saturated heterocycles. The number of carbonyl (C=O) groups is 2. The minimum atomic E-state index is -1.17. The van der Waals surface area contributed by atoms with Gasteiger partial charge in [0, 0.05) is 0 Å². The average Bonchev–Trinajstić information content (AvgIpc) is 2.18. The zero-order valence-electron chi connectivity index (χ0n) is 14.5. The van der Waals surface area contributed by atoms with E-state index in [2.05, 4.69) is 5.32 Å². The molecule has 0 spiro atoms. The molecule has 128 valence electrons. The Morgan fingerprint density at radius 3 is 1.95 bits per heavy atom. The van der Waals surface area contributed by atoms with E-state index in [9.17, 15) is 14.7 Å². The molecule has 7 nitrogen and oxygen atoms in total. The summed E-state index contributed by atoms with van der Waals surface area (Å²) < 4.78 is 10.4. The van der Waals surface area contributed by atoms with E-state index in [-0.39, 0.29) is 13.1 Å². The van der Waals surface area contributed by atoms with E-state index in [1.165, 1.54) is 4.90 Å². The van der Waals surface area contributed by atoms with Crippen LogP contribution in [0.5, 0.6) is 0 Å². The maximum atomic E-state index is 11.8. The molecule has 1 atom stereocenters. The molecule has 2 amide bonds. The van der Waals surface area contributed by atoms with Gasteiger partial charge in [-0.05, 0) is 48.5 Å². The summed E-state index contributed by atoms with van der Waals surface area (Å²) in [6.45, 7) is 12.5. The third-order valence-electron chi connectivity index (χ3n) is 3.12. The van der Waals surface area contributed by atoms with Crippen molar-refractivity contribution in [1.29, 1.82) is 0 Å². The lowest BCUT2D eigenvalue weighted by Gasteiger charge is -2.49. The van der Waals surface area contributed by atoms with Crippen molar-refractivity contribution in [2.75, 3.05) is 13.1 Å². The molecule has 0 aromatic rings. The Hall–Kier alpha value is -1.50. The van der Waals surface area contributed by atoms with Gasteiger partial charge in [-0.25, -0.2) is 9.59 Å². The fraction of sp³-hybridized carbons (Fsp3) is 0.867. The van der Waals surface area contributed by atoms with E-state index in [0.717, 1.165) is 0 Å². The summed E-state index contributed by atoms with van der Waals surface area (Å²) >= 11 is 0. The molecule has 1 aliphatic heterocycles. The highest BCUT2D eigenvalue weighted by Crippen LogP contribution is 2.26. The van der Waals surface area contributed by atoms with Gasteiger partial charge in [-0.15, -0.1) is 0 Å². The van der Waals surface area contributed by atoms with Gasteiger partial charge in [0.05, 0.1) is 19.1 Å². The summed E-state index contributed by atoms with van der Waals surface area (Å²) in [4.78, 5) is 25.0. The van der Waals surface area contributed by atoms with Crippen molar-refractivity contribution < 1.29 is 24.2 Å². The number of alkyl carbamates (subject to hydrolysis) is 1. The molecule has 0 aliphatic carbocycles. The van der Waals surface area contributed by atoms with E-state index in [4.69, 9.17) is 9.47 Å². The summed E-state index contributed by atoms with van der Waals surface area (Å²) in [5, 5.41) is 13.0. The van der Waals surface area contributed by atoms with E-state index < -0.39 is 35.0 Å². The van der Waals surface area contributed by atoms with Gasteiger partial charge in [0.25, 0.3) is 0 Å². The van der Waals surface area contributed by atoms with Crippen molar-refractivity contribution in [3.63, 3.8) is 0 Å². The smallest absolute Gasteiger partial charge is 0.410 e. The second-order valence-electron chi connectivity index (χ2n) is 7.81. The van der Waals surface area contributed by atoms with Crippen LogP contribution in [0.15, 0.2) is 0 Å². The second-order valence-corrected chi connectivity index (χ2v) is 7.81. The Morgan fingerprint density at radius 2 is 1.55 bits per heavy atom. The fourth-order valence-electron chi connectivity index (χ4n) is 1.96. The van der Waals surface area contributed by atoms with Gasteiger partial charge in [0.2, 0.25) is 0 Å². The number of β-amino-alcohol motifs (C(OH)–C–C–N with tert-alkyl or cyclic N) is 1. The maximum absolute atomic E-state index is 11.8. The van der Waals surface area contributed by atoms with E-state index in [1.807, 2.05) is 0 Å². The maximum Gasteiger partial charge on any atom is 0.410 e. The predicted octanol–water partition coefficient (Wildman–Crippen LogP) is 1.88. The third kappa shape index (κ3) is 5.36. The van der Waals surface area contributed by atoms with Crippen LogP contribution in [-0.2, 0) is 9.47 Å². The van der Waals surface area contributed by atoms with Crippen molar-refractivity contribution in [3.05, 3.63) is 0 Å². The van der Waals surface area contributed by atoms with Crippen LogP contribution in [0.3, 0.4) is 0 Å². The van der Waals surface area contributed by atoms with Crippen LogP contribution in [0.1, 0.15) is 48.5 Å². The first kappa shape index (κ1) is 18.5. The van der Waals surface area contributed by atoms with Crippen molar-refractivity contribution in [1.82, 2.24) is 10.2 Å². The number of likely N-dealkylation sites (tertiary alicyclic amines) is 1. The molecule has 0 aromatic carbocycles. The number of hydrogen-bond acceptors (Lipinski definition) is 5. The molecule has 1 rings (SSSR count). The molecule has 0 bridgehead atoms. The molecule has 22 heavy (non-hydrogen) atoms. The Bertz CT molecular complexity index is 430. The topological polar surface area (TPSA) is 88.1 Å². The molecule has 1 heterocycles. The van der Waals surface area contributed by atoms with E-state index in [0.29, 0.717) is 0 Å². The number of aliphatic hydroxyl groups is 1. The first-order valence-electron chi connectivity index (χ1n) is 7.42. The lowest BCUT2D eigenvalue weighted by Crippen LogP contribution is -2.71. The fourth-order valence-corrected chi connectivity index (χ4v) is 1.96. The zero-order chi connectivity index (χ0) is 17.3. The normalized spacial score (nSPS) is 19.0. The minimum Gasteiger partial charge on any atom is -0.444 e. The second kappa shape index (κ2) is 5.95. The van der Waals surface area contributed by atoms with Crippen molar-refractivity contribution >= 4 is 12.2 Å². The highest BCUT2D eigenvalue weighted by molar-refractivity contribution is 5.70. The van der Waals surface area contributed by atoms with Gasteiger partial charge in [-0.1, -0.05) is 0 Å². The van der Waals surface area contributed by atoms with Crippen LogP contribution >= 0.6 is 0 Å². The van der Waals surface area contributed by atoms with Gasteiger partial charge in [-0.2, -0.15) is 0 Å².